The Labute approximate surface area is 95.9 Å². The lowest BCUT2D eigenvalue weighted by atomic mass is 10.4. The maximum Gasteiger partial charge on any atom is 0.328 e. The van der Waals surface area contributed by atoms with Gasteiger partial charge in [-0.25, -0.2) is 9.78 Å². The highest BCUT2D eigenvalue weighted by Gasteiger charge is 2.03. The smallest absolute Gasteiger partial charge is 0.328 e. The molecule has 0 atom stereocenters. The Balaban J connectivity index is 2.23. The summed E-state index contributed by atoms with van der Waals surface area (Å²) in [4.78, 5) is 19.5. The number of carboxylic acids is 1. The van der Waals surface area contributed by atoms with Crippen LogP contribution in [0.1, 0.15) is 4.88 Å². The molecule has 2 aromatic rings. The van der Waals surface area contributed by atoms with Gasteiger partial charge in [-0.15, -0.1) is 11.3 Å². The Morgan fingerprint density at radius 2 is 2.25 bits per heavy atom. The predicted octanol–water partition coefficient (Wildman–Crippen LogP) is 2.30. The van der Waals surface area contributed by atoms with Crippen LogP contribution in [0, 0.1) is 0 Å². The minimum atomic E-state index is -0.965. The van der Waals surface area contributed by atoms with Gasteiger partial charge in [0.05, 0.1) is 5.69 Å². The van der Waals surface area contributed by atoms with Gasteiger partial charge < -0.3 is 5.11 Å². The first-order valence-corrected chi connectivity index (χ1v) is 5.35. The van der Waals surface area contributed by atoms with Gasteiger partial charge in [-0.3, -0.25) is 4.98 Å². The molecule has 5 heteroatoms. The fourth-order valence-corrected chi connectivity index (χ4v) is 1.92. The van der Waals surface area contributed by atoms with Crippen LogP contribution in [0.15, 0.2) is 36.7 Å². The first-order valence-electron chi connectivity index (χ1n) is 4.54. The molecule has 0 saturated heterocycles. The minimum absolute atomic E-state index is 0.783. The second kappa shape index (κ2) is 4.67. The maximum absolute atomic E-state index is 10.3. The van der Waals surface area contributed by atoms with Crippen molar-refractivity contribution in [2.75, 3.05) is 0 Å². The highest BCUT2D eigenvalue weighted by Crippen LogP contribution is 2.23. The predicted molar refractivity (Wildman–Crippen MR) is 62.0 cm³/mol. The van der Waals surface area contributed by atoms with E-state index in [4.69, 9.17) is 5.11 Å². The van der Waals surface area contributed by atoms with Gasteiger partial charge in [0.25, 0.3) is 0 Å². The maximum atomic E-state index is 10.3. The second-order valence-corrected chi connectivity index (χ2v) is 4.02. The highest BCUT2D eigenvalue weighted by molar-refractivity contribution is 7.15. The first-order chi connectivity index (χ1) is 7.75. The molecular weight excluding hydrogens is 224 g/mol. The number of hydrogen-bond acceptors (Lipinski definition) is 4. The van der Waals surface area contributed by atoms with E-state index in [9.17, 15) is 4.79 Å². The van der Waals surface area contributed by atoms with Crippen LogP contribution in [0.3, 0.4) is 0 Å². The van der Waals surface area contributed by atoms with Gasteiger partial charge in [-0.2, -0.15) is 0 Å². The number of aliphatic carboxylic acids is 1. The molecule has 0 spiro atoms. The van der Waals surface area contributed by atoms with Crippen LogP contribution in [0.25, 0.3) is 16.8 Å². The molecule has 0 aliphatic heterocycles. The lowest BCUT2D eigenvalue weighted by Gasteiger charge is -1.91. The molecule has 2 aromatic heterocycles. The van der Waals surface area contributed by atoms with E-state index >= 15 is 0 Å². The van der Waals surface area contributed by atoms with Gasteiger partial charge in [-0.1, -0.05) is 6.07 Å². The van der Waals surface area contributed by atoms with E-state index in [1.807, 2.05) is 18.2 Å². The van der Waals surface area contributed by atoms with Crippen molar-refractivity contribution in [3.63, 3.8) is 0 Å². The minimum Gasteiger partial charge on any atom is -0.478 e. The molecular formula is C11H8N2O2S. The monoisotopic (exact) mass is 232 g/mol. The standard InChI is InChI=1S/C11H8N2O2S/c14-10(15)5-4-8-7-13-11(16-8)9-3-1-2-6-12-9/h1-7H,(H,14,15)/b5-4+. The molecule has 0 radical (unpaired) electrons. The number of hydrogen-bond donors (Lipinski definition) is 1. The third-order valence-corrected chi connectivity index (χ3v) is 2.78. The van der Waals surface area contributed by atoms with E-state index in [2.05, 4.69) is 9.97 Å². The van der Waals surface area contributed by atoms with Crippen molar-refractivity contribution in [3.8, 4) is 10.7 Å². The van der Waals surface area contributed by atoms with Crippen LogP contribution in [0.5, 0.6) is 0 Å². The molecule has 0 unspecified atom stereocenters. The van der Waals surface area contributed by atoms with Crippen LogP contribution >= 0.6 is 11.3 Å². The average molecular weight is 232 g/mol. The number of thiazole rings is 1. The van der Waals surface area contributed by atoms with E-state index < -0.39 is 5.97 Å². The Hall–Kier alpha value is -2.01. The third-order valence-electron chi connectivity index (χ3n) is 1.80. The summed E-state index contributed by atoms with van der Waals surface area (Å²) >= 11 is 1.40. The Kier molecular flexibility index (Phi) is 3.07. The summed E-state index contributed by atoms with van der Waals surface area (Å²) < 4.78 is 0. The molecule has 2 rings (SSSR count). The first kappa shape index (κ1) is 10.5. The van der Waals surface area contributed by atoms with E-state index in [0.29, 0.717) is 0 Å². The number of rotatable bonds is 3. The van der Waals surface area contributed by atoms with Crippen molar-refractivity contribution in [2.24, 2.45) is 0 Å². The number of aromatic nitrogens is 2. The quantitative estimate of drug-likeness (QED) is 0.825. The Morgan fingerprint density at radius 1 is 1.38 bits per heavy atom. The molecule has 0 aromatic carbocycles. The molecule has 0 aliphatic carbocycles. The van der Waals surface area contributed by atoms with E-state index in [-0.39, 0.29) is 0 Å². The summed E-state index contributed by atoms with van der Waals surface area (Å²) in [6.45, 7) is 0. The lowest BCUT2D eigenvalue weighted by Crippen LogP contribution is -1.84. The molecule has 0 bridgehead atoms. The van der Waals surface area contributed by atoms with Crippen molar-refractivity contribution in [2.45, 2.75) is 0 Å². The molecule has 2 heterocycles. The van der Waals surface area contributed by atoms with Gasteiger partial charge in [0.1, 0.15) is 5.01 Å². The molecule has 0 amide bonds. The number of carbonyl (C=O) groups is 1. The van der Waals surface area contributed by atoms with Crippen molar-refractivity contribution >= 4 is 23.4 Å². The number of pyridine rings is 1. The van der Waals surface area contributed by atoms with Gasteiger partial charge in [-0.05, 0) is 18.2 Å². The fourth-order valence-electron chi connectivity index (χ4n) is 1.12. The normalized spacial score (nSPS) is 10.8. The summed E-state index contributed by atoms with van der Waals surface area (Å²) in [6, 6.07) is 5.59. The highest BCUT2D eigenvalue weighted by atomic mass is 32.1. The summed E-state index contributed by atoms with van der Waals surface area (Å²) in [5, 5.41) is 9.27. The molecule has 0 fully saturated rings. The van der Waals surface area contributed by atoms with Crippen LogP contribution in [-0.4, -0.2) is 21.0 Å². The molecule has 0 saturated carbocycles. The van der Waals surface area contributed by atoms with Crippen molar-refractivity contribution < 1.29 is 9.90 Å². The van der Waals surface area contributed by atoms with E-state index in [0.717, 1.165) is 21.7 Å². The topological polar surface area (TPSA) is 63.1 Å². The van der Waals surface area contributed by atoms with Crippen LogP contribution in [-0.2, 0) is 4.79 Å². The van der Waals surface area contributed by atoms with Crippen LogP contribution in [0.2, 0.25) is 0 Å². The number of carboxylic acid groups (broad SMARTS) is 1. The largest absolute Gasteiger partial charge is 0.478 e. The zero-order valence-corrected chi connectivity index (χ0v) is 9.02. The third kappa shape index (κ3) is 2.52. The summed E-state index contributed by atoms with van der Waals surface area (Å²) in [6.07, 6.45) is 5.94. The molecule has 16 heavy (non-hydrogen) atoms. The molecule has 1 N–H and O–H groups in total. The zero-order chi connectivity index (χ0) is 11.4. The van der Waals surface area contributed by atoms with Crippen LogP contribution < -0.4 is 0 Å². The van der Waals surface area contributed by atoms with Crippen molar-refractivity contribution in [1.82, 2.24) is 9.97 Å². The van der Waals surface area contributed by atoms with Crippen LogP contribution in [0.4, 0.5) is 0 Å². The average Bonchev–Trinajstić information content (AvgIpc) is 2.76. The van der Waals surface area contributed by atoms with E-state index in [1.54, 1.807) is 12.4 Å². The Bertz CT molecular complexity index is 520. The zero-order valence-electron chi connectivity index (χ0n) is 8.20. The summed E-state index contributed by atoms with van der Waals surface area (Å²) in [7, 11) is 0. The van der Waals surface area contributed by atoms with Gasteiger partial charge >= 0.3 is 5.97 Å². The molecule has 0 aliphatic rings. The van der Waals surface area contributed by atoms with Crippen molar-refractivity contribution in [3.05, 3.63) is 41.5 Å². The SMILES string of the molecule is O=C(O)/C=C/c1cnc(-c2ccccn2)s1. The van der Waals surface area contributed by atoms with E-state index in [1.165, 1.54) is 17.4 Å². The molecule has 4 nitrogen and oxygen atoms in total. The number of nitrogens with zero attached hydrogens (tertiary/aromatic N) is 2. The van der Waals surface area contributed by atoms with Gasteiger partial charge in [0.15, 0.2) is 0 Å². The molecule has 80 valence electrons. The van der Waals surface area contributed by atoms with Crippen molar-refractivity contribution in [1.29, 1.82) is 0 Å². The van der Waals surface area contributed by atoms with Gasteiger partial charge in [0.2, 0.25) is 0 Å². The summed E-state index contributed by atoms with van der Waals surface area (Å²) in [5.41, 5.74) is 0.794. The lowest BCUT2D eigenvalue weighted by molar-refractivity contribution is -0.131. The Morgan fingerprint density at radius 3 is 2.94 bits per heavy atom. The van der Waals surface area contributed by atoms with Gasteiger partial charge in [0, 0.05) is 23.3 Å². The second-order valence-electron chi connectivity index (χ2n) is 2.95. The fraction of sp³-hybridized carbons (Fsp3) is 0. The summed E-state index contributed by atoms with van der Waals surface area (Å²) in [5.74, 6) is -0.965.